The minimum Gasteiger partial charge on any atom is -0.756 e. The highest BCUT2D eigenvalue weighted by Crippen LogP contribution is 2.34. The van der Waals surface area contributed by atoms with Crippen molar-refractivity contribution in [1.29, 1.82) is 0 Å². The third-order valence-corrected chi connectivity index (χ3v) is 3.08. The van der Waals surface area contributed by atoms with Crippen LogP contribution in [0.4, 0.5) is 0 Å². The lowest BCUT2D eigenvalue weighted by Gasteiger charge is -2.16. The van der Waals surface area contributed by atoms with E-state index in [1.807, 2.05) is 0 Å². The lowest BCUT2D eigenvalue weighted by molar-refractivity contribution is -0.677. The van der Waals surface area contributed by atoms with Crippen LogP contribution in [0.25, 0.3) is 0 Å². The van der Waals surface area contributed by atoms with Crippen LogP contribution >= 0.6 is 7.82 Å². The standard InChI is InChI=1S/C7H13N2.C2H7O4P/c1-4-9-6-5-8(3)7(9)2;1-5-7(3,4)6-2/h5-6H,4H2,1-3H3;1-2H3,(H,3,4)/q+1;/p-1. The van der Waals surface area contributed by atoms with Crippen LogP contribution in [0.2, 0.25) is 0 Å². The highest BCUT2D eigenvalue weighted by Gasteiger charge is 2.04. The summed E-state index contributed by atoms with van der Waals surface area (Å²) in [5.41, 5.74) is 0. The van der Waals surface area contributed by atoms with Crippen LogP contribution < -0.4 is 9.46 Å². The molecule has 0 unspecified atom stereocenters. The maximum absolute atomic E-state index is 9.95. The highest BCUT2D eigenvalue weighted by atomic mass is 31.2. The Labute approximate surface area is 96.0 Å². The second-order valence-electron chi connectivity index (χ2n) is 3.05. The van der Waals surface area contributed by atoms with E-state index in [2.05, 4.69) is 51.5 Å². The molecule has 0 aliphatic rings. The molecular weight excluding hydrogens is 231 g/mol. The third-order valence-electron chi connectivity index (χ3n) is 2.18. The van der Waals surface area contributed by atoms with Gasteiger partial charge < -0.3 is 13.9 Å². The normalized spacial score (nSPS) is 10.9. The molecule has 1 rings (SSSR count). The first kappa shape index (κ1) is 15.3. The van der Waals surface area contributed by atoms with E-state index in [1.165, 1.54) is 5.82 Å². The summed E-state index contributed by atoms with van der Waals surface area (Å²) in [6, 6.07) is 0. The molecule has 1 aromatic rings. The third kappa shape index (κ3) is 4.90. The molecule has 0 aromatic carbocycles. The van der Waals surface area contributed by atoms with Gasteiger partial charge in [0, 0.05) is 21.1 Å². The van der Waals surface area contributed by atoms with E-state index in [0.717, 1.165) is 20.8 Å². The zero-order valence-electron chi connectivity index (χ0n) is 10.3. The fourth-order valence-electron chi connectivity index (χ4n) is 1.01. The van der Waals surface area contributed by atoms with Crippen molar-refractivity contribution in [2.45, 2.75) is 20.4 Å². The van der Waals surface area contributed by atoms with E-state index >= 15 is 0 Å². The van der Waals surface area contributed by atoms with Gasteiger partial charge in [-0.05, 0) is 6.92 Å². The lowest BCUT2D eigenvalue weighted by atomic mass is 10.6. The summed E-state index contributed by atoms with van der Waals surface area (Å²) in [4.78, 5) is 9.95. The van der Waals surface area contributed by atoms with Crippen molar-refractivity contribution in [3.05, 3.63) is 18.2 Å². The number of aromatic nitrogens is 2. The van der Waals surface area contributed by atoms with Crippen LogP contribution in [0.15, 0.2) is 12.4 Å². The quantitative estimate of drug-likeness (QED) is 0.575. The maximum Gasteiger partial charge on any atom is 0.267 e. The SMILES string of the molecule is CCn1cc[n+](C)c1C.COP(=O)([O-])OC. The predicted molar refractivity (Wildman–Crippen MR) is 57.6 cm³/mol. The zero-order valence-corrected chi connectivity index (χ0v) is 11.2. The summed E-state index contributed by atoms with van der Waals surface area (Å²) in [6.07, 6.45) is 4.16. The number of imidazole rings is 1. The Bertz CT molecular complexity index is 356. The molecule has 0 fully saturated rings. The van der Waals surface area contributed by atoms with E-state index in [4.69, 9.17) is 0 Å². The van der Waals surface area contributed by atoms with Crippen molar-refractivity contribution in [2.75, 3.05) is 14.2 Å². The fourth-order valence-corrected chi connectivity index (χ4v) is 1.16. The first-order valence-electron chi connectivity index (χ1n) is 4.81. The van der Waals surface area contributed by atoms with Crippen LogP contribution in [-0.4, -0.2) is 18.8 Å². The average molecular weight is 250 g/mol. The van der Waals surface area contributed by atoms with E-state index in [1.54, 1.807) is 0 Å². The Morgan fingerprint density at radius 3 is 2.12 bits per heavy atom. The summed E-state index contributed by atoms with van der Waals surface area (Å²) in [5.74, 6) is 1.30. The minimum absolute atomic E-state index is 1.04. The van der Waals surface area contributed by atoms with Crippen LogP contribution in [0.1, 0.15) is 12.7 Å². The summed E-state index contributed by atoms with van der Waals surface area (Å²) < 4.78 is 22.0. The van der Waals surface area contributed by atoms with Crippen LogP contribution in [0, 0.1) is 6.92 Å². The van der Waals surface area contributed by atoms with E-state index in [9.17, 15) is 9.46 Å². The van der Waals surface area contributed by atoms with Gasteiger partial charge in [-0.15, -0.1) is 0 Å². The van der Waals surface area contributed by atoms with Crippen molar-refractivity contribution in [1.82, 2.24) is 4.57 Å². The Balaban J connectivity index is 0.000000293. The Morgan fingerprint density at radius 2 is 2.00 bits per heavy atom. The molecule has 0 aliphatic carbocycles. The molecule has 0 N–H and O–H groups in total. The molecule has 0 atom stereocenters. The van der Waals surface area contributed by atoms with Gasteiger partial charge in [-0.25, -0.2) is 9.13 Å². The maximum atomic E-state index is 9.95. The fraction of sp³-hybridized carbons (Fsp3) is 0.667. The molecule has 0 saturated heterocycles. The predicted octanol–water partition coefficient (Wildman–Crippen LogP) is 0.389. The number of nitrogens with zero attached hydrogens (tertiary/aromatic N) is 2. The summed E-state index contributed by atoms with van der Waals surface area (Å²) in [6.45, 7) is 5.32. The van der Waals surface area contributed by atoms with Crippen molar-refractivity contribution in [3.8, 4) is 0 Å². The van der Waals surface area contributed by atoms with Crippen molar-refractivity contribution in [3.63, 3.8) is 0 Å². The second kappa shape index (κ2) is 6.81. The molecule has 6 nitrogen and oxygen atoms in total. The first-order valence-corrected chi connectivity index (χ1v) is 6.27. The molecular formula is C9H19N2O4P. The van der Waals surface area contributed by atoms with Gasteiger partial charge >= 0.3 is 0 Å². The topological polar surface area (TPSA) is 67.4 Å². The molecule has 0 radical (unpaired) electrons. The van der Waals surface area contributed by atoms with Gasteiger partial charge in [0.1, 0.15) is 12.4 Å². The number of phosphoric ester groups is 1. The number of rotatable bonds is 3. The number of hydrogen-bond donors (Lipinski definition) is 0. The van der Waals surface area contributed by atoms with Gasteiger partial charge in [-0.2, -0.15) is 0 Å². The number of phosphoric acid groups is 1. The second-order valence-corrected chi connectivity index (χ2v) is 4.68. The van der Waals surface area contributed by atoms with Gasteiger partial charge in [0.05, 0.1) is 13.6 Å². The summed E-state index contributed by atoms with van der Waals surface area (Å²) in [7, 11) is 0.231. The Kier molecular flexibility index (Phi) is 6.52. The monoisotopic (exact) mass is 250 g/mol. The molecule has 0 bridgehead atoms. The Hall–Kier alpha value is -0.680. The molecule has 0 amide bonds. The largest absolute Gasteiger partial charge is 0.756 e. The minimum atomic E-state index is -3.90. The molecule has 94 valence electrons. The summed E-state index contributed by atoms with van der Waals surface area (Å²) in [5, 5.41) is 0. The average Bonchev–Trinajstić information content (AvgIpc) is 2.60. The van der Waals surface area contributed by atoms with Crippen molar-refractivity contribution in [2.24, 2.45) is 7.05 Å². The van der Waals surface area contributed by atoms with Gasteiger partial charge in [0.15, 0.2) is 0 Å². The first-order chi connectivity index (χ1) is 7.37. The molecule has 0 spiro atoms. The number of aryl methyl sites for hydroxylation is 2. The van der Waals surface area contributed by atoms with E-state index < -0.39 is 7.82 Å². The smallest absolute Gasteiger partial charge is 0.267 e. The lowest BCUT2D eigenvalue weighted by Crippen LogP contribution is -2.29. The van der Waals surface area contributed by atoms with Crippen LogP contribution in [-0.2, 0) is 27.2 Å². The van der Waals surface area contributed by atoms with Crippen LogP contribution in [0.5, 0.6) is 0 Å². The van der Waals surface area contributed by atoms with Crippen molar-refractivity contribution < 1.29 is 23.1 Å². The van der Waals surface area contributed by atoms with Gasteiger partial charge in [0.25, 0.3) is 13.6 Å². The molecule has 0 aliphatic heterocycles. The van der Waals surface area contributed by atoms with Crippen molar-refractivity contribution >= 4 is 7.82 Å². The molecule has 1 heterocycles. The zero-order chi connectivity index (χ0) is 12.8. The van der Waals surface area contributed by atoms with E-state index in [-0.39, 0.29) is 0 Å². The molecule has 1 aromatic heterocycles. The molecule has 16 heavy (non-hydrogen) atoms. The number of hydrogen-bond acceptors (Lipinski definition) is 4. The van der Waals surface area contributed by atoms with Gasteiger partial charge in [-0.3, -0.25) is 4.57 Å². The highest BCUT2D eigenvalue weighted by molar-refractivity contribution is 7.45. The van der Waals surface area contributed by atoms with Gasteiger partial charge in [-0.1, -0.05) is 0 Å². The summed E-state index contributed by atoms with van der Waals surface area (Å²) >= 11 is 0. The van der Waals surface area contributed by atoms with E-state index in [0.29, 0.717) is 0 Å². The molecule has 7 heteroatoms. The Morgan fingerprint density at radius 1 is 1.50 bits per heavy atom. The van der Waals surface area contributed by atoms with Gasteiger partial charge in [0.2, 0.25) is 0 Å². The molecule has 0 saturated carbocycles. The van der Waals surface area contributed by atoms with Crippen LogP contribution in [0.3, 0.4) is 0 Å².